The van der Waals surface area contributed by atoms with E-state index in [1.165, 1.54) is 30.6 Å². The van der Waals surface area contributed by atoms with Gasteiger partial charge in [-0.15, -0.1) is 11.3 Å². The quantitative estimate of drug-likeness (QED) is 0.913. The molecule has 0 saturated heterocycles. The first-order valence-electron chi connectivity index (χ1n) is 8.84. The van der Waals surface area contributed by atoms with Crippen molar-refractivity contribution in [2.45, 2.75) is 58.9 Å². The molecule has 0 radical (unpaired) electrons. The normalized spacial score (nSPS) is 34.8. The monoisotopic (exact) mass is 348 g/mol. The fourth-order valence-electron chi connectivity index (χ4n) is 5.58. The van der Waals surface area contributed by atoms with Crippen molar-refractivity contribution in [2.24, 2.45) is 28.2 Å². The Kier molecular flexibility index (Phi) is 3.71. The molecule has 1 aromatic rings. The second-order valence-electron chi connectivity index (χ2n) is 8.12. The fourth-order valence-corrected chi connectivity index (χ4v) is 6.55. The third kappa shape index (κ3) is 2.55. The molecule has 0 atom stereocenters. The lowest BCUT2D eigenvalue weighted by Crippen LogP contribution is -2.50. The summed E-state index contributed by atoms with van der Waals surface area (Å²) in [6.07, 6.45) is 6.85. The SMILES string of the molecule is Cc1sc(=NC(=O)C23CC4CC(CC(C4)C2)C3)n(CC(=O)O)c1C. The van der Waals surface area contributed by atoms with Gasteiger partial charge in [0.2, 0.25) is 0 Å². The lowest BCUT2D eigenvalue weighted by Gasteiger charge is -2.55. The first-order chi connectivity index (χ1) is 11.4. The Hall–Kier alpha value is -1.43. The molecule has 4 bridgehead atoms. The maximum Gasteiger partial charge on any atom is 0.323 e. The standard InChI is InChI=1S/C18H24N2O3S/c1-10-11(2)24-17(20(10)9-15(21)22)19-16(23)18-6-12-3-13(7-18)5-14(4-12)8-18/h12-14H,3-9H2,1-2H3,(H,21,22). The number of carboxylic acids is 1. The summed E-state index contributed by atoms with van der Waals surface area (Å²) in [6, 6.07) is 0. The molecule has 1 N–H and O–H groups in total. The zero-order valence-electron chi connectivity index (χ0n) is 14.2. The van der Waals surface area contributed by atoms with Crippen molar-refractivity contribution >= 4 is 23.2 Å². The number of aryl methyl sites for hydroxylation is 1. The highest BCUT2D eigenvalue weighted by Crippen LogP contribution is 2.60. The largest absolute Gasteiger partial charge is 0.480 e. The Bertz CT molecular complexity index is 738. The number of thiazole rings is 1. The molecular weight excluding hydrogens is 324 g/mol. The molecule has 1 amide bonds. The van der Waals surface area contributed by atoms with Crippen LogP contribution in [0.25, 0.3) is 0 Å². The summed E-state index contributed by atoms with van der Waals surface area (Å²) in [7, 11) is 0. The minimum absolute atomic E-state index is 0.00184. The van der Waals surface area contributed by atoms with Gasteiger partial charge in [-0.25, -0.2) is 0 Å². The van der Waals surface area contributed by atoms with Crippen LogP contribution in [0.5, 0.6) is 0 Å². The average molecular weight is 348 g/mol. The van der Waals surface area contributed by atoms with E-state index in [-0.39, 0.29) is 17.9 Å². The number of carbonyl (C=O) groups is 2. The van der Waals surface area contributed by atoms with Crippen LogP contribution in [-0.2, 0) is 16.1 Å². The molecular formula is C18H24N2O3S. The van der Waals surface area contributed by atoms with Crippen LogP contribution < -0.4 is 4.80 Å². The number of hydrogen-bond acceptors (Lipinski definition) is 3. The van der Waals surface area contributed by atoms with Gasteiger partial charge in [0.1, 0.15) is 6.54 Å². The lowest BCUT2D eigenvalue weighted by atomic mass is 9.49. The van der Waals surface area contributed by atoms with Crippen molar-refractivity contribution in [2.75, 3.05) is 0 Å². The van der Waals surface area contributed by atoms with Gasteiger partial charge in [-0.3, -0.25) is 9.59 Å². The van der Waals surface area contributed by atoms with E-state index >= 15 is 0 Å². The Morgan fingerprint density at radius 1 is 1.17 bits per heavy atom. The third-order valence-corrected chi connectivity index (χ3v) is 7.47. The van der Waals surface area contributed by atoms with E-state index in [0.717, 1.165) is 29.8 Å². The summed E-state index contributed by atoms with van der Waals surface area (Å²) in [5.74, 6) is 1.21. The van der Waals surface area contributed by atoms with Crippen LogP contribution in [0, 0.1) is 37.0 Å². The maximum atomic E-state index is 13.1. The van der Waals surface area contributed by atoms with Crippen LogP contribution in [0.2, 0.25) is 0 Å². The summed E-state index contributed by atoms with van der Waals surface area (Å²) < 4.78 is 1.67. The molecule has 130 valence electrons. The zero-order chi connectivity index (χ0) is 17.1. The molecule has 4 fully saturated rings. The number of nitrogens with zero attached hydrogens (tertiary/aromatic N) is 2. The number of hydrogen-bond donors (Lipinski definition) is 1. The van der Waals surface area contributed by atoms with E-state index in [1.807, 2.05) is 13.8 Å². The van der Waals surface area contributed by atoms with Gasteiger partial charge in [0.15, 0.2) is 4.80 Å². The smallest absolute Gasteiger partial charge is 0.323 e. The Morgan fingerprint density at radius 2 is 1.71 bits per heavy atom. The summed E-state index contributed by atoms with van der Waals surface area (Å²) in [6.45, 7) is 3.71. The number of aromatic nitrogens is 1. The molecule has 4 aliphatic rings. The van der Waals surface area contributed by atoms with Gasteiger partial charge in [-0.1, -0.05) is 0 Å². The van der Waals surface area contributed by atoms with Gasteiger partial charge < -0.3 is 9.67 Å². The van der Waals surface area contributed by atoms with E-state index in [4.69, 9.17) is 5.11 Å². The van der Waals surface area contributed by atoms with Crippen LogP contribution in [0.4, 0.5) is 0 Å². The number of amides is 1. The molecule has 5 nitrogen and oxygen atoms in total. The molecule has 5 rings (SSSR count). The fraction of sp³-hybridized carbons (Fsp3) is 0.722. The van der Waals surface area contributed by atoms with Crippen LogP contribution >= 0.6 is 11.3 Å². The lowest BCUT2D eigenvalue weighted by molar-refractivity contribution is -0.143. The highest BCUT2D eigenvalue weighted by molar-refractivity contribution is 7.09. The number of carboxylic acid groups (broad SMARTS) is 1. The molecule has 4 aliphatic carbocycles. The van der Waals surface area contributed by atoms with E-state index in [9.17, 15) is 9.59 Å². The molecule has 0 aromatic carbocycles. The van der Waals surface area contributed by atoms with Crippen molar-refractivity contribution in [1.82, 2.24) is 4.57 Å². The summed E-state index contributed by atoms with van der Waals surface area (Å²) in [5, 5.41) is 9.15. The van der Waals surface area contributed by atoms with E-state index in [2.05, 4.69) is 4.99 Å². The highest BCUT2D eigenvalue weighted by atomic mass is 32.1. The topological polar surface area (TPSA) is 71.7 Å². The maximum absolute atomic E-state index is 13.1. The van der Waals surface area contributed by atoms with Gasteiger partial charge in [0.05, 0.1) is 5.41 Å². The first-order valence-corrected chi connectivity index (χ1v) is 9.66. The van der Waals surface area contributed by atoms with E-state index < -0.39 is 5.97 Å². The molecule has 1 heterocycles. The Labute approximate surface area is 145 Å². The predicted octanol–water partition coefficient (Wildman–Crippen LogP) is 2.89. The summed E-state index contributed by atoms with van der Waals surface area (Å²) >= 11 is 1.43. The van der Waals surface area contributed by atoms with Crippen molar-refractivity contribution < 1.29 is 14.7 Å². The minimum Gasteiger partial charge on any atom is -0.480 e. The highest BCUT2D eigenvalue weighted by Gasteiger charge is 2.54. The van der Waals surface area contributed by atoms with E-state index in [1.54, 1.807) is 4.57 Å². The average Bonchev–Trinajstić information content (AvgIpc) is 2.73. The van der Waals surface area contributed by atoms with Crippen molar-refractivity contribution in [1.29, 1.82) is 0 Å². The number of rotatable bonds is 3. The van der Waals surface area contributed by atoms with Gasteiger partial charge in [0, 0.05) is 10.6 Å². The second-order valence-corrected chi connectivity index (χ2v) is 9.30. The van der Waals surface area contributed by atoms with Crippen molar-refractivity contribution in [3.63, 3.8) is 0 Å². The molecule has 24 heavy (non-hydrogen) atoms. The van der Waals surface area contributed by atoms with Crippen LogP contribution in [0.15, 0.2) is 4.99 Å². The molecule has 4 saturated carbocycles. The first kappa shape index (κ1) is 16.1. The minimum atomic E-state index is -0.903. The van der Waals surface area contributed by atoms with Crippen LogP contribution in [0.1, 0.15) is 49.1 Å². The predicted molar refractivity (Wildman–Crippen MR) is 90.6 cm³/mol. The van der Waals surface area contributed by atoms with Crippen molar-refractivity contribution in [3.05, 3.63) is 15.4 Å². The number of aliphatic carboxylic acids is 1. The van der Waals surface area contributed by atoms with Crippen LogP contribution in [0.3, 0.4) is 0 Å². The van der Waals surface area contributed by atoms with Gasteiger partial charge in [0.25, 0.3) is 5.91 Å². The van der Waals surface area contributed by atoms with Gasteiger partial charge in [-0.2, -0.15) is 4.99 Å². The number of carbonyl (C=O) groups excluding carboxylic acids is 1. The molecule has 0 unspecified atom stereocenters. The second kappa shape index (κ2) is 5.55. The zero-order valence-corrected chi connectivity index (χ0v) is 15.1. The van der Waals surface area contributed by atoms with E-state index in [0.29, 0.717) is 22.6 Å². The molecule has 0 spiro atoms. The van der Waals surface area contributed by atoms with Crippen molar-refractivity contribution in [3.8, 4) is 0 Å². The molecule has 6 heteroatoms. The molecule has 0 aliphatic heterocycles. The van der Waals surface area contributed by atoms with Gasteiger partial charge >= 0.3 is 5.97 Å². The summed E-state index contributed by atoms with van der Waals surface area (Å²) in [5.41, 5.74) is 0.626. The van der Waals surface area contributed by atoms with Crippen LogP contribution in [-0.4, -0.2) is 21.6 Å². The Morgan fingerprint density at radius 3 is 2.21 bits per heavy atom. The Balaban J connectivity index is 1.70. The van der Waals surface area contributed by atoms with Gasteiger partial charge in [-0.05, 0) is 70.1 Å². The third-order valence-electron chi connectivity index (χ3n) is 6.37. The molecule has 1 aromatic heterocycles. The summed E-state index contributed by atoms with van der Waals surface area (Å²) in [4.78, 5) is 30.3.